The molecule has 0 aromatic heterocycles. The number of carbonyl (C=O) groups is 1. The van der Waals surface area contributed by atoms with Gasteiger partial charge in [-0.1, -0.05) is 27.7 Å². The Hall–Kier alpha value is -1.51. The van der Waals surface area contributed by atoms with Crippen molar-refractivity contribution in [1.82, 2.24) is 0 Å². The maximum atomic E-state index is 12.8. The fraction of sp³-hybridized carbons (Fsp3) is 0.611. The fourth-order valence-electron chi connectivity index (χ4n) is 3.22. The molecule has 0 bridgehead atoms. The summed E-state index contributed by atoms with van der Waals surface area (Å²) in [6.45, 7) is 13.6. The van der Waals surface area contributed by atoms with Gasteiger partial charge in [-0.3, -0.25) is 4.79 Å². The van der Waals surface area contributed by atoms with E-state index in [1.54, 1.807) is 0 Å². The van der Waals surface area contributed by atoms with Gasteiger partial charge in [0.05, 0.1) is 13.2 Å². The van der Waals surface area contributed by atoms with E-state index in [9.17, 15) is 4.79 Å². The molecule has 116 valence electrons. The second-order valence-electron chi connectivity index (χ2n) is 6.77. The SMILES string of the molecule is CCOc1ccc(C(=O)C2C(C)(C)C2(C)C)cc1OCC. The van der Waals surface area contributed by atoms with Gasteiger partial charge in [-0.2, -0.15) is 0 Å². The van der Waals surface area contributed by atoms with Gasteiger partial charge in [0, 0.05) is 11.5 Å². The van der Waals surface area contributed by atoms with E-state index in [4.69, 9.17) is 9.47 Å². The zero-order valence-electron chi connectivity index (χ0n) is 13.9. The minimum Gasteiger partial charge on any atom is -0.490 e. The standard InChI is InChI=1S/C18H26O3/c1-7-20-13-10-9-12(11-14(13)21-8-2)15(19)16-17(3,4)18(16,5)6/h9-11,16H,7-8H2,1-6H3. The number of hydrogen-bond donors (Lipinski definition) is 0. The summed E-state index contributed by atoms with van der Waals surface area (Å²) in [6.07, 6.45) is 0. The molecule has 1 aromatic carbocycles. The number of ketones is 1. The second-order valence-corrected chi connectivity index (χ2v) is 6.77. The molecule has 21 heavy (non-hydrogen) atoms. The Morgan fingerprint density at radius 1 is 1.00 bits per heavy atom. The number of benzene rings is 1. The second kappa shape index (κ2) is 5.36. The molecule has 1 aliphatic rings. The number of carbonyl (C=O) groups excluding carboxylic acids is 1. The van der Waals surface area contributed by atoms with Gasteiger partial charge in [-0.05, 0) is 42.9 Å². The van der Waals surface area contributed by atoms with Crippen molar-refractivity contribution in [1.29, 1.82) is 0 Å². The minimum atomic E-state index is 0.0500. The Balaban J connectivity index is 2.29. The van der Waals surface area contributed by atoms with Crippen LogP contribution >= 0.6 is 0 Å². The van der Waals surface area contributed by atoms with Crippen molar-refractivity contribution in [2.75, 3.05) is 13.2 Å². The van der Waals surface area contributed by atoms with Gasteiger partial charge in [-0.25, -0.2) is 0 Å². The molecule has 3 nitrogen and oxygen atoms in total. The third-order valence-corrected chi connectivity index (χ3v) is 5.11. The first-order valence-electron chi connectivity index (χ1n) is 7.71. The van der Waals surface area contributed by atoms with Gasteiger partial charge < -0.3 is 9.47 Å². The van der Waals surface area contributed by atoms with Crippen molar-refractivity contribution in [2.45, 2.75) is 41.5 Å². The van der Waals surface area contributed by atoms with E-state index in [1.165, 1.54) is 0 Å². The molecule has 1 aliphatic carbocycles. The maximum absolute atomic E-state index is 12.8. The van der Waals surface area contributed by atoms with E-state index in [0.717, 1.165) is 0 Å². The Morgan fingerprint density at radius 3 is 2.00 bits per heavy atom. The Kier molecular flexibility index (Phi) is 4.05. The summed E-state index contributed by atoms with van der Waals surface area (Å²) < 4.78 is 11.2. The molecule has 3 heteroatoms. The number of hydrogen-bond acceptors (Lipinski definition) is 3. The molecule has 1 aromatic rings. The van der Waals surface area contributed by atoms with E-state index < -0.39 is 0 Å². The third kappa shape index (κ3) is 2.54. The summed E-state index contributed by atoms with van der Waals surface area (Å²) in [5.74, 6) is 1.62. The molecular formula is C18H26O3. The monoisotopic (exact) mass is 290 g/mol. The molecule has 0 unspecified atom stereocenters. The molecule has 0 N–H and O–H groups in total. The van der Waals surface area contributed by atoms with Crippen LogP contribution in [-0.4, -0.2) is 19.0 Å². The highest BCUT2D eigenvalue weighted by atomic mass is 16.5. The quantitative estimate of drug-likeness (QED) is 0.731. The van der Waals surface area contributed by atoms with Crippen molar-refractivity contribution in [2.24, 2.45) is 16.7 Å². The lowest BCUT2D eigenvalue weighted by Crippen LogP contribution is -2.08. The van der Waals surface area contributed by atoms with Crippen LogP contribution in [0.4, 0.5) is 0 Å². The van der Waals surface area contributed by atoms with Crippen molar-refractivity contribution in [3.05, 3.63) is 23.8 Å². The lowest BCUT2D eigenvalue weighted by Gasteiger charge is -2.12. The summed E-state index contributed by atoms with van der Waals surface area (Å²) in [7, 11) is 0. The smallest absolute Gasteiger partial charge is 0.167 e. The first-order chi connectivity index (χ1) is 9.77. The van der Waals surface area contributed by atoms with Crippen LogP contribution in [0.2, 0.25) is 0 Å². The van der Waals surface area contributed by atoms with Crippen LogP contribution in [0.15, 0.2) is 18.2 Å². The van der Waals surface area contributed by atoms with Gasteiger partial charge in [0.2, 0.25) is 0 Å². The number of rotatable bonds is 6. The molecule has 0 aliphatic heterocycles. The third-order valence-electron chi connectivity index (χ3n) is 5.11. The highest BCUT2D eigenvalue weighted by Crippen LogP contribution is 2.69. The molecule has 1 saturated carbocycles. The van der Waals surface area contributed by atoms with Crippen LogP contribution in [0, 0.1) is 16.7 Å². The zero-order valence-corrected chi connectivity index (χ0v) is 13.9. The molecular weight excluding hydrogens is 264 g/mol. The lowest BCUT2D eigenvalue weighted by atomic mass is 10.0. The average molecular weight is 290 g/mol. The van der Waals surface area contributed by atoms with E-state index in [-0.39, 0.29) is 22.5 Å². The van der Waals surface area contributed by atoms with Crippen molar-refractivity contribution in [3.8, 4) is 11.5 Å². The number of ether oxygens (including phenoxy) is 2. The highest BCUT2D eigenvalue weighted by molar-refractivity contribution is 6.01. The van der Waals surface area contributed by atoms with Crippen LogP contribution < -0.4 is 9.47 Å². The van der Waals surface area contributed by atoms with Crippen LogP contribution in [0.1, 0.15) is 51.9 Å². The predicted octanol–water partition coefficient (Wildman–Crippen LogP) is 4.35. The summed E-state index contributed by atoms with van der Waals surface area (Å²) in [5.41, 5.74) is 0.814. The van der Waals surface area contributed by atoms with Gasteiger partial charge in [0.15, 0.2) is 17.3 Å². The maximum Gasteiger partial charge on any atom is 0.167 e. The molecule has 1 fully saturated rings. The van der Waals surface area contributed by atoms with E-state index in [0.29, 0.717) is 30.3 Å². The van der Waals surface area contributed by atoms with Crippen molar-refractivity contribution in [3.63, 3.8) is 0 Å². The first kappa shape index (κ1) is 15.9. The Bertz CT molecular complexity index is 529. The van der Waals surface area contributed by atoms with Crippen molar-refractivity contribution >= 4 is 5.78 Å². The van der Waals surface area contributed by atoms with Gasteiger partial charge >= 0.3 is 0 Å². The molecule has 0 saturated heterocycles. The number of Topliss-reactive ketones (excluding diaryl/α,β-unsaturated/α-hetero) is 1. The lowest BCUT2D eigenvalue weighted by molar-refractivity contribution is 0.0944. The Morgan fingerprint density at radius 2 is 1.52 bits per heavy atom. The molecule has 0 spiro atoms. The molecule has 0 amide bonds. The topological polar surface area (TPSA) is 35.5 Å². The predicted molar refractivity (Wildman–Crippen MR) is 84.2 cm³/mol. The Labute approximate surface area is 127 Å². The van der Waals surface area contributed by atoms with Crippen LogP contribution in [0.5, 0.6) is 11.5 Å². The van der Waals surface area contributed by atoms with E-state index >= 15 is 0 Å². The van der Waals surface area contributed by atoms with Crippen molar-refractivity contribution < 1.29 is 14.3 Å². The highest BCUT2D eigenvalue weighted by Gasteiger charge is 2.67. The minimum absolute atomic E-state index is 0.0500. The summed E-state index contributed by atoms with van der Waals surface area (Å²) in [4.78, 5) is 12.8. The van der Waals surface area contributed by atoms with Gasteiger partial charge in [-0.15, -0.1) is 0 Å². The van der Waals surface area contributed by atoms with Gasteiger partial charge in [0.25, 0.3) is 0 Å². The summed E-state index contributed by atoms with van der Waals surface area (Å²) in [6, 6.07) is 5.51. The molecule has 2 rings (SSSR count). The van der Waals surface area contributed by atoms with Crippen LogP contribution in [0.25, 0.3) is 0 Å². The molecule has 0 atom stereocenters. The van der Waals surface area contributed by atoms with E-state index in [1.807, 2.05) is 32.0 Å². The molecule has 0 heterocycles. The van der Waals surface area contributed by atoms with Crippen LogP contribution in [-0.2, 0) is 0 Å². The van der Waals surface area contributed by atoms with Gasteiger partial charge in [0.1, 0.15) is 0 Å². The first-order valence-corrected chi connectivity index (χ1v) is 7.71. The largest absolute Gasteiger partial charge is 0.490 e. The summed E-state index contributed by atoms with van der Waals surface area (Å²) >= 11 is 0. The summed E-state index contributed by atoms with van der Waals surface area (Å²) in [5, 5.41) is 0. The normalized spacial score (nSPS) is 19.1. The average Bonchev–Trinajstić information content (AvgIpc) is 2.81. The zero-order chi connectivity index (χ0) is 15.8. The van der Waals surface area contributed by atoms with Crippen LogP contribution in [0.3, 0.4) is 0 Å². The fourth-order valence-corrected chi connectivity index (χ4v) is 3.22. The molecule has 0 radical (unpaired) electrons. The van der Waals surface area contributed by atoms with E-state index in [2.05, 4.69) is 27.7 Å².